The largest absolute Gasteiger partial charge is 0.309 e. The minimum Gasteiger partial charge on any atom is -0.309 e. The molecule has 12 aromatic rings. The van der Waals surface area contributed by atoms with Crippen LogP contribution in [0, 0.1) is 0 Å². The first-order chi connectivity index (χ1) is 30.7. The van der Waals surface area contributed by atoms with Crippen LogP contribution in [0.25, 0.3) is 111 Å². The van der Waals surface area contributed by atoms with Crippen LogP contribution in [0.1, 0.15) is 0 Å². The molecular formula is C57H37N5. The predicted octanol–water partition coefficient (Wildman–Crippen LogP) is 14.4. The summed E-state index contributed by atoms with van der Waals surface area (Å²) in [6.07, 6.45) is 0. The van der Waals surface area contributed by atoms with Gasteiger partial charge in [0, 0.05) is 43.9 Å². The van der Waals surface area contributed by atoms with Crippen LogP contribution in [0.2, 0.25) is 0 Å². The highest BCUT2D eigenvalue weighted by Gasteiger charge is 2.22. The summed E-state index contributed by atoms with van der Waals surface area (Å²) in [6, 6.07) is 79.4. The zero-order chi connectivity index (χ0) is 41.0. The fraction of sp³-hybridized carbons (Fsp3) is 0. The van der Waals surface area contributed by atoms with Gasteiger partial charge in [0.15, 0.2) is 17.5 Å². The molecule has 0 atom stereocenters. The van der Waals surface area contributed by atoms with E-state index in [0.717, 1.165) is 66.6 Å². The van der Waals surface area contributed by atoms with Gasteiger partial charge in [0.05, 0.1) is 27.8 Å². The van der Waals surface area contributed by atoms with Crippen LogP contribution < -0.4 is 0 Å². The van der Waals surface area contributed by atoms with Crippen molar-refractivity contribution >= 4 is 43.6 Å². The summed E-state index contributed by atoms with van der Waals surface area (Å²) < 4.78 is 4.83. The van der Waals surface area contributed by atoms with Crippen molar-refractivity contribution in [1.29, 1.82) is 0 Å². The third kappa shape index (κ3) is 5.98. The monoisotopic (exact) mass is 791 g/mol. The molecular weight excluding hydrogens is 755 g/mol. The lowest BCUT2D eigenvalue weighted by Crippen LogP contribution is -2.04. The normalized spacial score (nSPS) is 11.5. The third-order valence-corrected chi connectivity index (χ3v) is 12.0. The lowest BCUT2D eigenvalue weighted by molar-refractivity contribution is 1.06. The van der Waals surface area contributed by atoms with Gasteiger partial charge in [-0.05, 0) is 64.7 Å². The van der Waals surface area contributed by atoms with Crippen molar-refractivity contribution in [3.05, 3.63) is 224 Å². The first-order valence-corrected chi connectivity index (χ1v) is 20.9. The summed E-state index contributed by atoms with van der Waals surface area (Å²) in [6.45, 7) is 0. The topological polar surface area (TPSA) is 48.5 Å². The molecule has 12 rings (SSSR count). The molecule has 0 N–H and O–H groups in total. The lowest BCUT2D eigenvalue weighted by atomic mass is 10.0. The Morgan fingerprint density at radius 1 is 0.258 bits per heavy atom. The summed E-state index contributed by atoms with van der Waals surface area (Å²) in [7, 11) is 0. The van der Waals surface area contributed by atoms with E-state index in [9.17, 15) is 0 Å². The molecule has 0 aliphatic carbocycles. The maximum Gasteiger partial charge on any atom is 0.166 e. The van der Waals surface area contributed by atoms with Crippen molar-refractivity contribution in [2.24, 2.45) is 0 Å². The maximum absolute atomic E-state index is 5.25. The highest BCUT2D eigenvalue weighted by Crippen LogP contribution is 2.41. The molecule has 3 heterocycles. The second-order valence-electron chi connectivity index (χ2n) is 15.6. The van der Waals surface area contributed by atoms with E-state index in [1.807, 2.05) is 36.4 Å². The van der Waals surface area contributed by atoms with Crippen LogP contribution in [-0.4, -0.2) is 24.1 Å². The molecule has 5 heteroatoms. The highest BCUT2D eigenvalue weighted by molar-refractivity contribution is 6.13. The number of rotatable bonds is 7. The van der Waals surface area contributed by atoms with Crippen molar-refractivity contribution in [1.82, 2.24) is 24.1 Å². The lowest BCUT2D eigenvalue weighted by Gasteiger charge is -2.17. The van der Waals surface area contributed by atoms with Gasteiger partial charge in [-0.2, -0.15) is 0 Å². The van der Waals surface area contributed by atoms with E-state index < -0.39 is 0 Å². The zero-order valence-corrected chi connectivity index (χ0v) is 33.6. The smallest absolute Gasteiger partial charge is 0.166 e. The molecule has 0 saturated carbocycles. The van der Waals surface area contributed by atoms with Gasteiger partial charge in [-0.15, -0.1) is 0 Å². The van der Waals surface area contributed by atoms with Crippen molar-refractivity contribution < 1.29 is 0 Å². The van der Waals surface area contributed by atoms with Gasteiger partial charge in [0.25, 0.3) is 0 Å². The van der Waals surface area contributed by atoms with E-state index >= 15 is 0 Å². The Labute approximate surface area is 358 Å². The number of fused-ring (bicyclic) bond motifs is 6. The van der Waals surface area contributed by atoms with E-state index in [0.29, 0.717) is 17.5 Å². The Balaban J connectivity index is 1.15. The van der Waals surface area contributed by atoms with E-state index in [4.69, 9.17) is 15.0 Å². The molecule has 0 saturated heterocycles. The first kappa shape index (κ1) is 35.5. The van der Waals surface area contributed by atoms with Crippen molar-refractivity contribution in [3.8, 4) is 67.8 Å². The van der Waals surface area contributed by atoms with Crippen molar-refractivity contribution in [2.45, 2.75) is 0 Å². The summed E-state index contributed by atoms with van der Waals surface area (Å²) in [5, 5.41) is 4.77. The Morgan fingerprint density at radius 2 is 0.677 bits per heavy atom. The standard InChI is InChI=1S/C57H37N5/c1-5-17-38(18-6-1)42-29-32-47-45-25-13-15-27-50(45)61(52(47)35-42)44-31-34-48-46-26-14-16-28-51(46)62(54(48)37-44)53-36-43(39-19-7-2-8-20-39)30-33-49(53)57-59-55(40-21-9-3-10-22-40)58-56(60-57)41-23-11-4-12-24-41/h1-37H. The second-order valence-corrected chi connectivity index (χ2v) is 15.6. The first-order valence-electron chi connectivity index (χ1n) is 20.9. The number of aromatic nitrogens is 5. The maximum atomic E-state index is 5.25. The Morgan fingerprint density at radius 3 is 1.26 bits per heavy atom. The molecule has 0 aliphatic rings. The molecule has 290 valence electrons. The number of hydrogen-bond acceptors (Lipinski definition) is 3. The molecule has 0 fully saturated rings. The molecule has 9 aromatic carbocycles. The molecule has 62 heavy (non-hydrogen) atoms. The number of hydrogen-bond donors (Lipinski definition) is 0. The Kier molecular flexibility index (Phi) is 8.42. The average molecular weight is 792 g/mol. The van der Waals surface area contributed by atoms with E-state index in [-0.39, 0.29) is 0 Å². The molecule has 0 amide bonds. The summed E-state index contributed by atoms with van der Waals surface area (Å²) in [4.78, 5) is 15.5. The number of benzene rings is 9. The van der Waals surface area contributed by atoms with Crippen LogP contribution in [0.4, 0.5) is 0 Å². The van der Waals surface area contributed by atoms with Crippen LogP contribution in [-0.2, 0) is 0 Å². The van der Waals surface area contributed by atoms with E-state index in [1.165, 1.54) is 27.3 Å². The fourth-order valence-electron chi connectivity index (χ4n) is 9.06. The van der Waals surface area contributed by atoms with Crippen LogP contribution in [0.5, 0.6) is 0 Å². The minimum absolute atomic E-state index is 0.602. The van der Waals surface area contributed by atoms with Crippen LogP contribution in [0.15, 0.2) is 224 Å². The van der Waals surface area contributed by atoms with Gasteiger partial charge < -0.3 is 9.13 Å². The molecule has 5 nitrogen and oxygen atoms in total. The summed E-state index contributed by atoms with van der Waals surface area (Å²) in [5.41, 5.74) is 13.9. The average Bonchev–Trinajstić information content (AvgIpc) is 3.87. The molecule has 0 aliphatic heterocycles. The van der Waals surface area contributed by atoms with E-state index in [2.05, 4.69) is 197 Å². The van der Waals surface area contributed by atoms with Gasteiger partial charge in [0.2, 0.25) is 0 Å². The highest BCUT2D eigenvalue weighted by atomic mass is 15.1. The fourth-order valence-corrected chi connectivity index (χ4v) is 9.06. The van der Waals surface area contributed by atoms with Crippen LogP contribution >= 0.6 is 0 Å². The van der Waals surface area contributed by atoms with Gasteiger partial charge in [-0.1, -0.05) is 182 Å². The SMILES string of the molecule is c1ccc(-c2ccc(-c3nc(-c4ccccc4)nc(-c4ccccc4)n3)c(-n3c4ccccc4c4ccc(-n5c6ccccc6c6ccc(-c7ccccc7)cc65)cc43)c2)cc1. The molecule has 0 bridgehead atoms. The predicted molar refractivity (Wildman–Crippen MR) is 256 cm³/mol. The second kappa shape index (κ2) is 14.7. The molecule has 0 spiro atoms. The number of para-hydroxylation sites is 2. The van der Waals surface area contributed by atoms with Gasteiger partial charge >= 0.3 is 0 Å². The third-order valence-electron chi connectivity index (χ3n) is 12.0. The summed E-state index contributed by atoms with van der Waals surface area (Å²) >= 11 is 0. The molecule has 3 aromatic heterocycles. The molecule has 0 radical (unpaired) electrons. The minimum atomic E-state index is 0.602. The van der Waals surface area contributed by atoms with Crippen LogP contribution in [0.3, 0.4) is 0 Å². The number of nitrogens with zero attached hydrogens (tertiary/aromatic N) is 5. The summed E-state index contributed by atoms with van der Waals surface area (Å²) in [5.74, 6) is 1.85. The van der Waals surface area contributed by atoms with Crippen molar-refractivity contribution in [3.63, 3.8) is 0 Å². The molecule has 0 unspecified atom stereocenters. The van der Waals surface area contributed by atoms with Gasteiger partial charge in [-0.25, -0.2) is 15.0 Å². The Bertz CT molecular complexity index is 3550. The van der Waals surface area contributed by atoms with Crippen molar-refractivity contribution in [2.75, 3.05) is 0 Å². The Hall–Kier alpha value is -8.41. The van der Waals surface area contributed by atoms with Gasteiger partial charge in [-0.3, -0.25) is 0 Å². The van der Waals surface area contributed by atoms with E-state index in [1.54, 1.807) is 0 Å². The quantitative estimate of drug-likeness (QED) is 0.162. The van der Waals surface area contributed by atoms with Gasteiger partial charge in [0.1, 0.15) is 0 Å². The zero-order valence-electron chi connectivity index (χ0n) is 33.6.